The summed E-state index contributed by atoms with van der Waals surface area (Å²) in [5.41, 5.74) is 3.31. The minimum atomic E-state index is 0.0652. The number of carbonyl (C=O) groups excluding carboxylic acids is 1. The van der Waals surface area contributed by atoms with Gasteiger partial charge in [-0.05, 0) is 55.7 Å². The zero-order valence-electron chi connectivity index (χ0n) is 15.2. The summed E-state index contributed by atoms with van der Waals surface area (Å²) in [7, 11) is 0. The summed E-state index contributed by atoms with van der Waals surface area (Å²) < 4.78 is 1.89. The zero-order valence-corrected chi connectivity index (χ0v) is 16.0. The zero-order chi connectivity index (χ0) is 18.5. The van der Waals surface area contributed by atoms with Crippen LogP contribution in [0.1, 0.15) is 30.5 Å². The molecule has 0 saturated heterocycles. The second-order valence-electron chi connectivity index (χ2n) is 6.69. The normalized spacial score (nSPS) is 12.7. The van der Waals surface area contributed by atoms with Gasteiger partial charge in [0.15, 0.2) is 0 Å². The molecule has 0 saturated carbocycles. The number of fused-ring (bicyclic) bond motifs is 1. The Bertz CT molecular complexity index is 906. The van der Waals surface area contributed by atoms with E-state index < -0.39 is 0 Å². The van der Waals surface area contributed by atoms with Crippen molar-refractivity contribution in [1.29, 1.82) is 0 Å². The number of benzene rings is 2. The average molecular weight is 378 g/mol. The number of aromatic nitrogens is 2. The summed E-state index contributed by atoms with van der Waals surface area (Å²) in [6, 6.07) is 20.3. The van der Waals surface area contributed by atoms with E-state index in [2.05, 4.69) is 17.4 Å². The van der Waals surface area contributed by atoms with E-state index >= 15 is 0 Å². The van der Waals surface area contributed by atoms with E-state index in [4.69, 9.17) is 5.10 Å². The number of para-hydroxylation sites is 1. The van der Waals surface area contributed by atoms with Crippen molar-refractivity contribution in [3.8, 4) is 5.69 Å². The molecular formula is C22H23N3OS. The quantitative estimate of drug-likeness (QED) is 0.472. The molecule has 1 N–H and O–H groups in total. The molecule has 27 heavy (non-hydrogen) atoms. The van der Waals surface area contributed by atoms with Gasteiger partial charge in [-0.1, -0.05) is 36.4 Å². The monoisotopic (exact) mass is 377 g/mol. The SMILES string of the molecule is O=C(CCCSc1ccccc1)Nc1c2c(nn1-c1ccccc1)CCC2. The molecule has 0 spiro atoms. The third-order valence-electron chi connectivity index (χ3n) is 4.73. The van der Waals surface area contributed by atoms with Crippen molar-refractivity contribution in [3.63, 3.8) is 0 Å². The lowest BCUT2D eigenvalue weighted by Gasteiger charge is -2.11. The molecule has 1 amide bonds. The number of nitrogens with one attached hydrogen (secondary N) is 1. The van der Waals surface area contributed by atoms with Gasteiger partial charge >= 0.3 is 0 Å². The third kappa shape index (κ3) is 4.25. The lowest BCUT2D eigenvalue weighted by atomic mass is 10.2. The molecule has 1 heterocycles. The fourth-order valence-corrected chi connectivity index (χ4v) is 4.28. The molecule has 0 aliphatic heterocycles. The number of anilines is 1. The van der Waals surface area contributed by atoms with Crippen LogP contribution in [-0.4, -0.2) is 21.4 Å². The molecule has 0 atom stereocenters. The first-order valence-electron chi connectivity index (χ1n) is 9.45. The van der Waals surface area contributed by atoms with Gasteiger partial charge in [0.2, 0.25) is 5.91 Å². The summed E-state index contributed by atoms with van der Waals surface area (Å²) in [5, 5.41) is 7.89. The molecule has 4 nitrogen and oxygen atoms in total. The molecule has 1 aliphatic carbocycles. The predicted molar refractivity (Wildman–Crippen MR) is 111 cm³/mol. The molecule has 138 valence electrons. The second-order valence-corrected chi connectivity index (χ2v) is 7.86. The van der Waals surface area contributed by atoms with E-state index in [1.807, 2.05) is 53.2 Å². The van der Waals surface area contributed by atoms with E-state index in [9.17, 15) is 4.79 Å². The highest BCUT2D eigenvalue weighted by Gasteiger charge is 2.24. The van der Waals surface area contributed by atoms with Crippen molar-refractivity contribution in [2.24, 2.45) is 0 Å². The van der Waals surface area contributed by atoms with Crippen LogP contribution in [0.2, 0.25) is 0 Å². The summed E-state index contributed by atoms with van der Waals surface area (Å²) in [4.78, 5) is 13.8. The number of nitrogens with zero attached hydrogens (tertiary/aromatic N) is 2. The van der Waals surface area contributed by atoms with E-state index in [0.29, 0.717) is 6.42 Å². The van der Waals surface area contributed by atoms with Gasteiger partial charge in [0, 0.05) is 16.9 Å². The van der Waals surface area contributed by atoms with E-state index in [0.717, 1.165) is 48.6 Å². The van der Waals surface area contributed by atoms with Crippen LogP contribution in [0.3, 0.4) is 0 Å². The number of aryl methyl sites for hydroxylation is 1. The molecule has 1 aromatic heterocycles. The fourth-order valence-electron chi connectivity index (χ4n) is 3.41. The highest BCUT2D eigenvalue weighted by Crippen LogP contribution is 2.31. The van der Waals surface area contributed by atoms with Gasteiger partial charge < -0.3 is 5.32 Å². The second kappa shape index (κ2) is 8.44. The van der Waals surface area contributed by atoms with Crippen LogP contribution in [0.5, 0.6) is 0 Å². The third-order valence-corrected chi connectivity index (χ3v) is 5.82. The first-order valence-corrected chi connectivity index (χ1v) is 10.4. The Morgan fingerprint density at radius 3 is 2.56 bits per heavy atom. The minimum Gasteiger partial charge on any atom is -0.310 e. The molecule has 5 heteroatoms. The highest BCUT2D eigenvalue weighted by atomic mass is 32.2. The number of hydrogen-bond acceptors (Lipinski definition) is 3. The van der Waals surface area contributed by atoms with Crippen molar-refractivity contribution in [1.82, 2.24) is 9.78 Å². The summed E-state index contributed by atoms with van der Waals surface area (Å²) in [6.45, 7) is 0. The van der Waals surface area contributed by atoms with Gasteiger partial charge in [0.1, 0.15) is 5.82 Å². The molecule has 4 rings (SSSR count). The van der Waals surface area contributed by atoms with Crippen molar-refractivity contribution in [3.05, 3.63) is 71.9 Å². The molecule has 1 aliphatic rings. The van der Waals surface area contributed by atoms with Gasteiger partial charge in [0.25, 0.3) is 0 Å². The molecule has 0 fully saturated rings. The largest absolute Gasteiger partial charge is 0.310 e. The van der Waals surface area contributed by atoms with E-state index in [-0.39, 0.29) is 5.91 Å². The predicted octanol–water partition coefficient (Wildman–Crippen LogP) is 4.87. The maximum absolute atomic E-state index is 12.5. The van der Waals surface area contributed by atoms with Gasteiger partial charge in [-0.15, -0.1) is 11.8 Å². The smallest absolute Gasteiger partial charge is 0.225 e. The Kier molecular flexibility index (Phi) is 5.58. The number of carbonyl (C=O) groups is 1. The summed E-state index contributed by atoms with van der Waals surface area (Å²) >= 11 is 1.79. The van der Waals surface area contributed by atoms with Crippen LogP contribution in [0.4, 0.5) is 5.82 Å². The first kappa shape index (κ1) is 17.9. The fraction of sp³-hybridized carbons (Fsp3) is 0.273. The van der Waals surface area contributed by atoms with Crippen LogP contribution < -0.4 is 5.32 Å². The molecule has 0 bridgehead atoms. The van der Waals surface area contributed by atoms with E-state index in [1.54, 1.807) is 11.8 Å². The number of rotatable bonds is 7. The number of amides is 1. The van der Waals surface area contributed by atoms with Gasteiger partial charge in [0.05, 0.1) is 11.4 Å². The molecule has 2 aromatic carbocycles. The lowest BCUT2D eigenvalue weighted by molar-refractivity contribution is -0.116. The minimum absolute atomic E-state index is 0.0652. The molecular weight excluding hydrogens is 354 g/mol. The first-order chi connectivity index (χ1) is 13.3. The Hall–Kier alpha value is -2.53. The average Bonchev–Trinajstić information content (AvgIpc) is 3.29. The van der Waals surface area contributed by atoms with Crippen molar-refractivity contribution in [2.75, 3.05) is 11.1 Å². The Morgan fingerprint density at radius 2 is 1.78 bits per heavy atom. The number of thioether (sulfide) groups is 1. The van der Waals surface area contributed by atoms with Gasteiger partial charge in [-0.3, -0.25) is 4.79 Å². The van der Waals surface area contributed by atoms with Crippen LogP contribution in [0.25, 0.3) is 5.69 Å². The van der Waals surface area contributed by atoms with Gasteiger partial charge in [-0.2, -0.15) is 5.10 Å². The highest BCUT2D eigenvalue weighted by molar-refractivity contribution is 7.99. The van der Waals surface area contributed by atoms with Crippen molar-refractivity contribution < 1.29 is 4.79 Å². The number of hydrogen-bond donors (Lipinski definition) is 1. The standard InChI is InChI=1S/C22H23N3OS/c26-21(15-8-16-27-18-11-5-2-6-12-18)23-22-19-13-7-14-20(19)24-25(22)17-9-3-1-4-10-17/h1-6,9-12H,7-8,13-16H2,(H,23,26). The van der Waals surface area contributed by atoms with Crippen molar-refractivity contribution in [2.45, 2.75) is 37.0 Å². The Labute approximate surface area is 164 Å². The van der Waals surface area contributed by atoms with Crippen LogP contribution in [-0.2, 0) is 17.6 Å². The van der Waals surface area contributed by atoms with Crippen molar-refractivity contribution >= 4 is 23.5 Å². The van der Waals surface area contributed by atoms with Crippen LogP contribution in [0, 0.1) is 0 Å². The molecule has 3 aromatic rings. The van der Waals surface area contributed by atoms with E-state index in [1.165, 1.54) is 10.5 Å². The molecule has 0 radical (unpaired) electrons. The molecule has 0 unspecified atom stereocenters. The van der Waals surface area contributed by atoms with Crippen LogP contribution >= 0.6 is 11.8 Å². The maximum atomic E-state index is 12.5. The van der Waals surface area contributed by atoms with Gasteiger partial charge in [-0.25, -0.2) is 4.68 Å². The summed E-state index contributed by atoms with van der Waals surface area (Å²) in [6.07, 6.45) is 4.47. The van der Waals surface area contributed by atoms with Crippen LogP contribution in [0.15, 0.2) is 65.6 Å². The Balaban J connectivity index is 1.39. The maximum Gasteiger partial charge on any atom is 0.225 e. The topological polar surface area (TPSA) is 46.9 Å². The lowest BCUT2D eigenvalue weighted by Crippen LogP contribution is -2.16. The summed E-state index contributed by atoms with van der Waals surface area (Å²) in [5.74, 6) is 1.86. The Morgan fingerprint density at radius 1 is 1.04 bits per heavy atom.